The number of β-amino-alcohol motifs (C(OH)–C–C–N with tert-alkyl or cyclic N) is 1. The molecule has 7 nitrogen and oxygen atoms in total. The average molecular weight is 369 g/mol. The molecule has 3 unspecified atom stereocenters. The van der Waals surface area contributed by atoms with Crippen LogP contribution in [0.2, 0.25) is 0 Å². The van der Waals surface area contributed by atoms with Crippen molar-refractivity contribution in [2.45, 2.75) is 25.7 Å². The highest BCUT2D eigenvalue weighted by atomic mass is 16.6. The van der Waals surface area contributed by atoms with Gasteiger partial charge in [0.15, 0.2) is 0 Å². The molecule has 0 radical (unpaired) electrons. The molecule has 2 amide bonds. The molecule has 27 heavy (non-hydrogen) atoms. The first-order valence-corrected chi connectivity index (χ1v) is 8.90. The zero-order valence-electron chi connectivity index (χ0n) is 15.1. The predicted octanol–water partition coefficient (Wildman–Crippen LogP) is 1.83. The minimum Gasteiger partial charge on any atom is -0.445 e. The standard InChI is InChI=1S/C20H23N3O4/c1-14-11-23(20(26)27-13-15-7-3-2-4-8-15)12-17(24)18(14)22-19(25)16-9-5-6-10-21-16/h2-10,14,17-18,24H,11-13H2,1H3,(H,22,25). The molecular formula is C20H23N3O4. The number of aliphatic hydroxyl groups is 1. The molecular weight excluding hydrogens is 346 g/mol. The second-order valence-corrected chi connectivity index (χ2v) is 6.70. The number of piperidine rings is 1. The first kappa shape index (κ1) is 18.8. The largest absolute Gasteiger partial charge is 0.445 e. The summed E-state index contributed by atoms with van der Waals surface area (Å²) in [4.78, 5) is 30.1. The zero-order chi connectivity index (χ0) is 19.2. The molecule has 1 aromatic carbocycles. The Morgan fingerprint density at radius 1 is 1.19 bits per heavy atom. The van der Waals surface area contributed by atoms with Gasteiger partial charge in [-0.25, -0.2) is 4.79 Å². The van der Waals surface area contributed by atoms with E-state index in [0.717, 1.165) is 5.56 Å². The average Bonchev–Trinajstić information content (AvgIpc) is 2.70. The van der Waals surface area contributed by atoms with Crippen LogP contribution in [-0.4, -0.2) is 52.2 Å². The fourth-order valence-electron chi connectivity index (χ4n) is 3.17. The topological polar surface area (TPSA) is 91.8 Å². The SMILES string of the molecule is CC1CN(C(=O)OCc2ccccc2)CC(O)C1NC(=O)c1ccccn1. The molecule has 3 rings (SSSR count). The van der Waals surface area contributed by atoms with Gasteiger partial charge in [-0.3, -0.25) is 9.78 Å². The van der Waals surface area contributed by atoms with Crippen LogP contribution >= 0.6 is 0 Å². The lowest BCUT2D eigenvalue weighted by Gasteiger charge is -2.40. The van der Waals surface area contributed by atoms with E-state index in [0.29, 0.717) is 12.2 Å². The lowest BCUT2D eigenvalue weighted by molar-refractivity contribution is 0.00605. The van der Waals surface area contributed by atoms with E-state index in [1.54, 1.807) is 24.4 Å². The minimum atomic E-state index is -0.884. The Labute approximate surface area is 158 Å². The third-order valence-corrected chi connectivity index (χ3v) is 4.60. The van der Waals surface area contributed by atoms with E-state index in [4.69, 9.17) is 4.74 Å². The summed E-state index contributed by atoms with van der Waals surface area (Å²) in [6.07, 6.45) is 0.185. The van der Waals surface area contributed by atoms with Gasteiger partial charge in [-0.1, -0.05) is 43.3 Å². The Kier molecular flexibility index (Phi) is 6.03. The predicted molar refractivity (Wildman–Crippen MR) is 98.9 cm³/mol. The number of benzene rings is 1. The number of rotatable bonds is 4. The van der Waals surface area contributed by atoms with E-state index in [9.17, 15) is 14.7 Å². The van der Waals surface area contributed by atoms with E-state index in [1.807, 2.05) is 37.3 Å². The van der Waals surface area contributed by atoms with Crippen molar-refractivity contribution in [3.8, 4) is 0 Å². The maximum atomic E-state index is 12.3. The molecule has 0 aliphatic carbocycles. The molecule has 3 atom stereocenters. The molecule has 0 bridgehead atoms. The molecule has 0 saturated carbocycles. The highest BCUT2D eigenvalue weighted by Crippen LogP contribution is 2.19. The normalized spacial score (nSPS) is 22.1. The van der Waals surface area contributed by atoms with E-state index in [1.165, 1.54) is 4.90 Å². The van der Waals surface area contributed by atoms with Gasteiger partial charge in [-0.2, -0.15) is 0 Å². The Hall–Kier alpha value is -2.93. The summed E-state index contributed by atoms with van der Waals surface area (Å²) >= 11 is 0. The molecule has 2 heterocycles. The molecule has 0 spiro atoms. The van der Waals surface area contributed by atoms with Crippen LogP contribution in [0, 0.1) is 5.92 Å². The summed E-state index contributed by atoms with van der Waals surface area (Å²) in [5.74, 6) is -0.475. The Balaban J connectivity index is 1.54. The van der Waals surface area contributed by atoms with E-state index in [-0.39, 0.29) is 25.0 Å². The second kappa shape index (κ2) is 8.64. The molecule has 142 valence electrons. The minimum absolute atomic E-state index is 0.102. The Bertz CT molecular complexity index is 757. The van der Waals surface area contributed by atoms with Crippen molar-refractivity contribution >= 4 is 12.0 Å². The van der Waals surface area contributed by atoms with Crippen LogP contribution < -0.4 is 5.32 Å². The molecule has 2 aromatic rings. The molecule has 1 aliphatic heterocycles. The van der Waals surface area contributed by atoms with Crippen molar-refractivity contribution in [3.05, 3.63) is 66.0 Å². The van der Waals surface area contributed by atoms with Gasteiger partial charge in [0.2, 0.25) is 0 Å². The van der Waals surface area contributed by atoms with Crippen LogP contribution in [0.5, 0.6) is 0 Å². The summed E-state index contributed by atoms with van der Waals surface area (Å²) in [7, 11) is 0. The van der Waals surface area contributed by atoms with Crippen LogP contribution in [0.3, 0.4) is 0 Å². The maximum absolute atomic E-state index is 12.3. The summed E-state index contributed by atoms with van der Waals surface area (Å²) in [6, 6.07) is 14.0. The number of hydrogen-bond acceptors (Lipinski definition) is 5. The van der Waals surface area contributed by atoms with E-state index < -0.39 is 18.2 Å². The number of aliphatic hydroxyl groups excluding tert-OH is 1. The Morgan fingerprint density at radius 2 is 1.93 bits per heavy atom. The van der Waals surface area contributed by atoms with Crippen LogP contribution in [-0.2, 0) is 11.3 Å². The maximum Gasteiger partial charge on any atom is 0.410 e. The van der Waals surface area contributed by atoms with Crippen molar-refractivity contribution in [1.29, 1.82) is 0 Å². The number of aromatic nitrogens is 1. The van der Waals surface area contributed by atoms with Crippen LogP contribution in [0.1, 0.15) is 23.0 Å². The summed E-state index contributed by atoms with van der Waals surface area (Å²) in [6.45, 7) is 2.55. The van der Waals surface area contributed by atoms with Gasteiger partial charge in [0.25, 0.3) is 5.91 Å². The molecule has 2 N–H and O–H groups in total. The number of pyridine rings is 1. The molecule has 1 aliphatic rings. The number of ether oxygens (including phenoxy) is 1. The number of hydrogen-bond donors (Lipinski definition) is 2. The quantitative estimate of drug-likeness (QED) is 0.858. The van der Waals surface area contributed by atoms with Crippen LogP contribution in [0.4, 0.5) is 4.79 Å². The highest BCUT2D eigenvalue weighted by molar-refractivity contribution is 5.92. The van der Waals surface area contributed by atoms with Crippen molar-refractivity contribution in [2.75, 3.05) is 13.1 Å². The summed E-state index contributed by atoms with van der Waals surface area (Å²) in [5, 5.41) is 13.3. The molecule has 1 aromatic heterocycles. The highest BCUT2D eigenvalue weighted by Gasteiger charge is 2.37. The number of carbonyl (C=O) groups is 2. The van der Waals surface area contributed by atoms with Crippen molar-refractivity contribution in [3.63, 3.8) is 0 Å². The van der Waals surface area contributed by atoms with Crippen molar-refractivity contribution in [2.24, 2.45) is 5.92 Å². The van der Waals surface area contributed by atoms with E-state index in [2.05, 4.69) is 10.3 Å². The fraction of sp³-hybridized carbons (Fsp3) is 0.350. The van der Waals surface area contributed by atoms with Gasteiger partial charge in [-0.15, -0.1) is 0 Å². The smallest absolute Gasteiger partial charge is 0.410 e. The molecule has 1 saturated heterocycles. The monoisotopic (exact) mass is 369 g/mol. The summed E-state index contributed by atoms with van der Waals surface area (Å²) in [5.41, 5.74) is 1.19. The first-order chi connectivity index (χ1) is 13.0. The third kappa shape index (κ3) is 4.83. The second-order valence-electron chi connectivity index (χ2n) is 6.70. The van der Waals surface area contributed by atoms with Gasteiger partial charge >= 0.3 is 6.09 Å². The van der Waals surface area contributed by atoms with Crippen molar-refractivity contribution in [1.82, 2.24) is 15.2 Å². The van der Waals surface area contributed by atoms with Gasteiger partial charge < -0.3 is 20.1 Å². The zero-order valence-corrected chi connectivity index (χ0v) is 15.1. The third-order valence-electron chi connectivity index (χ3n) is 4.60. The lowest BCUT2D eigenvalue weighted by Crippen LogP contribution is -2.59. The van der Waals surface area contributed by atoms with Gasteiger partial charge in [0.1, 0.15) is 12.3 Å². The first-order valence-electron chi connectivity index (χ1n) is 8.90. The number of nitrogens with zero attached hydrogens (tertiary/aromatic N) is 2. The lowest BCUT2D eigenvalue weighted by atomic mass is 9.91. The number of likely N-dealkylation sites (tertiary alicyclic amines) is 1. The Morgan fingerprint density at radius 3 is 2.59 bits per heavy atom. The van der Waals surface area contributed by atoms with Crippen LogP contribution in [0.25, 0.3) is 0 Å². The fourth-order valence-corrected chi connectivity index (χ4v) is 3.17. The number of carbonyl (C=O) groups excluding carboxylic acids is 2. The summed E-state index contributed by atoms with van der Waals surface area (Å²) < 4.78 is 5.33. The van der Waals surface area contributed by atoms with Gasteiger partial charge in [0.05, 0.1) is 18.7 Å². The molecule has 7 heteroatoms. The van der Waals surface area contributed by atoms with Crippen LogP contribution in [0.15, 0.2) is 54.7 Å². The van der Waals surface area contributed by atoms with Gasteiger partial charge in [0, 0.05) is 12.7 Å². The number of nitrogens with one attached hydrogen (secondary N) is 1. The number of amides is 2. The van der Waals surface area contributed by atoms with E-state index >= 15 is 0 Å². The van der Waals surface area contributed by atoms with Crippen molar-refractivity contribution < 1.29 is 19.4 Å². The molecule has 1 fully saturated rings. The van der Waals surface area contributed by atoms with Gasteiger partial charge in [-0.05, 0) is 23.6 Å².